The summed E-state index contributed by atoms with van der Waals surface area (Å²) < 4.78 is 18.6. The van der Waals surface area contributed by atoms with Gasteiger partial charge in [0.05, 0.1) is 12.8 Å². The van der Waals surface area contributed by atoms with Crippen LogP contribution in [0, 0.1) is 5.82 Å². The molecule has 1 heterocycles. The van der Waals surface area contributed by atoms with Crippen LogP contribution in [0.1, 0.15) is 18.2 Å². The van der Waals surface area contributed by atoms with Crippen molar-refractivity contribution in [3.63, 3.8) is 0 Å². The minimum absolute atomic E-state index is 0.187. The Balaban J connectivity index is 2.35. The minimum Gasteiger partial charge on any atom is -0.467 e. The van der Waals surface area contributed by atoms with Gasteiger partial charge >= 0.3 is 0 Å². The van der Waals surface area contributed by atoms with Crippen LogP contribution in [0.15, 0.2) is 41.0 Å². The Morgan fingerprint density at radius 2 is 2.21 bits per heavy atom. The number of nitrogens with two attached hydrogens (primary N) is 1. The van der Waals surface area contributed by atoms with E-state index in [9.17, 15) is 4.39 Å². The molecule has 0 atom stereocenters. The van der Waals surface area contributed by atoms with Crippen molar-refractivity contribution >= 4 is 22.9 Å². The monoisotopic (exact) mass is 278 g/mol. The second-order valence-corrected chi connectivity index (χ2v) is 4.56. The summed E-state index contributed by atoms with van der Waals surface area (Å²) in [6, 6.07) is 8.19. The maximum Gasteiger partial charge on any atom is 0.124 e. The fourth-order valence-electron chi connectivity index (χ4n) is 1.94. The highest BCUT2D eigenvalue weighted by molar-refractivity contribution is 7.80. The van der Waals surface area contributed by atoms with E-state index in [1.54, 1.807) is 12.3 Å². The number of hydrogen-bond donors (Lipinski definition) is 1. The van der Waals surface area contributed by atoms with Gasteiger partial charge in [-0.25, -0.2) is 4.39 Å². The molecule has 2 N–H and O–H groups in total. The number of nitrogens with zero attached hydrogens (tertiary/aromatic N) is 1. The first-order chi connectivity index (χ1) is 9.11. The number of benzene rings is 1. The van der Waals surface area contributed by atoms with E-state index in [1.807, 2.05) is 24.0 Å². The van der Waals surface area contributed by atoms with Crippen LogP contribution in [0.5, 0.6) is 0 Å². The van der Waals surface area contributed by atoms with Crippen LogP contribution in [0.25, 0.3) is 0 Å². The molecular weight excluding hydrogens is 263 g/mol. The Bertz CT molecular complexity index is 569. The first-order valence-electron chi connectivity index (χ1n) is 5.98. The predicted molar refractivity (Wildman–Crippen MR) is 77.7 cm³/mol. The quantitative estimate of drug-likeness (QED) is 0.854. The fraction of sp³-hybridized carbons (Fsp3) is 0.214. The van der Waals surface area contributed by atoms with Crippen molar-refractivity contribution in [1.29, 1.82) is 0 Å². The summed E-state index contributed by atoms with van der Waals surface area (Å²) in [5, 5.41) is 0. The number of furan rings is 1. The van der Waals surface area contributed by atoms with Gasteiger partial charge in [-0.1, -0.05) is 12.2 Å². The van der Waals surface area contributed by atoms with E-state index in [1.165, 1.54) is 12.1 Å². The first-order valence-corrected chi connectivity index (χ1v) is 6.39. The lowest BCUT2D eigenvalue weighted by Gasteiger charge is -2.24. The molecule has 0 aliphatic carbocycles. The highest BCUT2D eigenvalue weighted by Gasteiger charge is 2.14. The Kier molecular flexibility index (Phi) is 4.16. The van der Waals surface area contributed by atoms with Crippen LogP contribution in [-0.2, 0) is 6.54 Å². The molecule has 1 aromatic carbocycles. The SMILES string of the molecule is CCN(Cc1ccco1)c1ccc(F)cc1C(N)=S. The molecule has 5 heteroatoms. The van der Waals surface area contributed by atoms with Crippen LogP contribution >= 0.6 is 12.2 Å². The minimum atomic E-state index is -0.347. The topological polar surface area (TPSA) is 42.4 Å². The van der Waals surface area contributed by atoms with Gasteiger partial charge in [0.2, 0.25) is 0 Å². The van der Waals surface area contributed by atoms with Gasteiger partial charge in [-0.2, -0.15) is 0 Å². The first kappa shape index (κ1) is 13.5. The molecule has 0 amide bonds. The molecule has 0 radical (unpaired) electrons. The zero-order valence-electron chi connectivity index (χ0n) is 10.6. The summed E-state index contributed by atoms with van der Waals surface area (Å²) >= 11 is 4.99. The van der Waals surface area contributed by atoms with Crippen molar-refractivity contribution in [3.05, 3.63) is 53.7 Å². The Morgan fingerprint density at radius 3 is 2.79 bits per heavy atom. The van der Waals surface area contributed by atoms with Gasteiger partial charge in [0.25, 0.3) is 0 Å². The number of anilines is 1. The van der Waals surface area contributed by atoms with Crippen molar-refractivity contribution < 1.29 is 8.81 Å². The van der Waals surface area contributed by atoms with Crippen molar-refractivity contribution in [2.24, 2.45) is 5.73 Å². The zero-order chi connectivity index (χ0) is 13.8. The molecule has 0 aliphatic heterocycles. The van der Waals surface area contributed by atoms with Crippen molar-refractivity contribution in [3.8, 4) is 0 Å². The summed E-state index contributed by atoms with van der Waals surface area (Å²) in [7, 11) is 0. The molecule has 0 saturated carbocycles. The fourth-order valence-corrected chi connectivity index (χ4v) is 2.10. The van der Waals surface area contributed by atoms with Crippen LogP contribution in [0.4, 0.5) is 10.1 Å². The molecule has 19 heavy (non-hydrogen) atoms. The maximum absolute atomic E-state index is 13.3. The lowest BCUT2D eigenvalue weighted by atomic mass is 10.1. The number of rotatable bonds is 5. The van der Waals surface area contributed by atoms with Crippen LogP contribution < -0.4 is 10.6 Å². The standard InChI is InChI=1S/C14H15FN2OS/c1-2-17(9-11-4-3-7-18-11)13-6-5-10(15)8-12(13)14(16)19/h3-8H,2,9H2,1H3,(H2,16,19). The van der Waals surface area contributed by atoms with E-state index in [4.69, 9.17) is 22.4 Å². The molecule has 0 bridgehead atoms. The molecule has 0 spiro atoms. The smallest absolute Gasteiger partial charge is 0.124 e. The Hall–Kier alpha value is -1.88. The Morgan fingerprint density at radius 1 is 1.42 bits per heavy atom. The summed E-state index contributed by atoms with van der Waals surface area (Å²) in [6.45, 7) is 3.34. The normalized spacial score (nSPS) is 10.4. The average Bonchev–Trinajstić information content (AvgIpc) is 2.89. The van der Waals surface area contributed by atoms with Crippen molar-refractivity contribution in [2.45, 2.75) is 13.5 Å². The van der Waals surface area contributed by atoms with Gasteiger partial charge in [-0.15, -0.1) is 0 Å². The second kappa shape index (κ2) is 5.84. The largest absolute Gasteiger partial charge is 0.467 e. The van der Waals surface area contributed by atoms with Gasteiger partial charge in [0.15, 0.2) is 0 Å². The van der Waals surface area contributed by atoms with E-state index < -0.39 is 0 Å². The lowest BCUT2D eigenvalue weighted by molar-refractivity contribution is 0.503. The molecule has 0 unspecified atom stereocenters. The molecule has 0 saturated heterocycles. The molecule has 0 fully saturated rings. The van der Waals surface area contributed by atoms with Crippen molar-refractivity contribution in [2.75, 3.05) is 11.4 Å². The van der Waals surface area contributed by atoms with E-state index in [0.29, 0.717) is 12.1 Å². The van der Waals surface area contributed by atoms with E-state index >= 15 is 0 Å². The third-order valence-electron chi connectivity index (χ3n) is 2.87. The van der Waals surface area contributed by atoms with Gasteiger partial charge < -0.3 is 15.1 Å². The van der Waals surface area contributed by atoms with Gasteiger partial charge in [-0.05, 0) is 37.3 Å². The third-order valence-corrected chi connectivity index (χ3v) is 3.09. The van der Waals surface area contributed by atoms with Crippen LogP contribution in [-0.4, -0.2) is 11.5 Å². The molecule has 3 nitrogen and oxygen atoms in total. The number of thiocarbonyl (C=S) groups is 1. The Labute approximate surface area is 116 Å². The molecule has 1 aromatic heterocycles. The highest BCUT2D eigenvalue weighted by atomic mass is 32.1. The van der Waals surface area contributed by atoms with Crippen LogP contribution in [0.2, 0.25) is 0 Å². The van der Waals surface area contributed by atoms with E-state index in [-0.39, 0.29) is 10.8 Å². The van der Waals surface area contributed by atoms with Gasteiger partial charge in [0.1, 0.15) is 16.6 Å². The van der Waals surface area contributed by atoms with E-state index in [0.717, 1.165) is 18.0 Å². The maximum atomic E-state index is 13.3. The zero-order valence-corrected chi connectivity index (χ0v) is 11.4. The summed E-state index contributed by atoms with van der Waals surface area (Å²) in [5.41, 5.74) is 7.02. The highest BCUT2D eigenvalue weighted by Crippen LogP contribution is 2.23. The van der Waals surface area contributed by atoms with E-state index in [2.05, 4.69) is 0 Å². The van der Waals surface area contributed by atoms with Gasteiger partial charge in [0, 0.05) is 17.8 Å². The predicted octanol–water partition coefficient (Wildman–Crippen LogP) is 3.08. The number of hydrogen-bond acceptors (Lipinski definition) is 3. The number of halogens is 1. The molecule has 2 rings (SSSR count). The lowest BCUT2D eigenvalue weighted by Crippen LogP contribution is -2.25. The molecule has 100 valence electrons. The van der Waals surface area contributed by atoms with Crippen LogP contribution in [0.3, 0.4) is 0 Å². The third kappa shape index (κ3) is 3.12. The van der Waals surface area contributed by atoms with Crippen molar-refractivity contribution in [1.82, 2.24) is 0 Å². The molecule has 0 aliphatic rings. The summed E-state index contributed by atoms with van der Waals surface area (Å²) in [6.07, 6.45) is 1.63. The molecular formula is C14H15FN2OS. The summed E-state index contributed by atoms with van der Waals surface area (Å²) in [4.78, 5) is 2.22. The average molecular weight is 278 g/mol. The van der Waals surface area contributed by atoms with Gasteiger partial charge in [-0.3, -0.25) is 0 Å². The summed E-state index contributed by atoms with van der Waals surface area (Å²) in [5.74, 6) is 0.487. The second-order valence-electron chi connectivity index (χ2n) is 4.12. The molecule has 2 aromatic rings.